The number of aliphatic imine (C=N–C) groups is 1. The first-order valence-corrected chi connectivity index (χ1v) is 8.97. The Morgan fingerprint density at radius 2 is 1.62 bits per heavy atom. The van der Waals surface area contributed by atoms with E-state index in [4.69, 9.17) is 0 Å². The highest BCUT2D eigenvalue weighted by Gasteiger charge is 2.27. The molecule has 0 unspecified atom stereocenters. The Hall–Kier alpha value is -4.00. The lowest BCUT2D eigenvalue weighted by Gasteiger charge is -2.14. The third-order valence-corrected chi connectivity index (χ3v) is 4.38. The highest BCUT2D eigenvalue weighted by Crippen LogP contribution is 2.23. The molecule has 0 fully saturated rings. The molecule has 3 amide bonds. The maximum absolute atomic E-state index is 13.8. The van der Waals surface area contributed by atoms with Crippen LogP contribution in [-0.4, -0.2) is 23.8 Å². The minimum atomic E-state index is -1.19. The number of halogens is 1. The summed E-state index contributed by atoms with van der Waals surface area (Å²) in [6, 6.07) is 21.7. The summed E-state index contributed by atoms with van der Waals surface area (Å²) in [7, 11) is 0. The van der Waals surface area contributed by atoms with Crippen LogP contribution < -0.4 is 16.0 Å². The predicted molar refractivity (Wildman–Crippen MR) is 109 cm³/mol. The molecular weight excluding hydrogens is 371 g/mol. The number of anilines is 2. The molecule has 6 nitrogen and oxygen atoms in total. The van der Waals surface area contributed by atoms with Gasteiger partial charge in [0.2, 0.25) is 6.17 Å². The van der Waals surface area contributed by atoms with Crippen LogP contribution in [0, 0.1) is 5.82 Å². The molecule has 0 saturated carbocycles. The van der Waals surface area contributed by atoms with Crippen LogP contribution in [0.5, 0.6) is 0 Å². The molecule has 0 aliphatic carbocycles. The van der Waals surface area contributed by atoms with Crippen molar-refractivity contribution in [2.24, 2.45) is 4.99 Å². The molecule has 1 aliphatic heterocycles. The number of benzene rings is 3. The first-order valence-electron chi connectivity index (χ1n) is 8.97. The summed E-state index contributed by atoms with van der Waals surface area (Å²) in [6.07, 6.45) is -1.19. The summed E-state index contributed by atoms with van der Waals surface area (Å²) < 4.78 is 13.8. The van der Waals surface area contributed by atoms with Gasteiger partial charge >= 0.3 is 6.03 Å². The van der Waals surface area contributed by atoms with E-state index in [1.165, 1.54) is 18.2 Å². The molecule has 0 saturated heterocycles. The Bertz CT molecular complexity index is 1100. The second-order valence-corrected chi connectivity index (χ2v) is 6.36. The number of nitrogens with zero attached hydrogens (tertiary/aromatic N) is 1. The molecule has 0 bridgehead atoms. The predicted octanol–water partition coefficient (Wildman–Crippen LogP) is 3.76. The van der Waals surface area contributed by atoms with Crippen molar-refractivity contribution >= 4 is 29.0 Å². The highest BCUT2D eigenvalue weighted by atomic mass is 19.1. The Morgan fingerprint density at radius 3 is 2.41 bits per heavy atom. The molecule has 3 aromatic rings. The van der Waals surface area contributed by atoms with Crippen LogP contribution in [-0.2, 0) is 4.79 Å². The lowest BCUT2D eigenvalue weighted by molar-refractivity contribution is -0.117. The Labute approximate surface area is 166 Å². The fourth-order valence-corrected chi connectivity index (χ4v) is 3.03. The Balaban J connectivity index is 1.66. The van der Waals surface area contributed by atoms with Gasteiger partial charge in [-0.05, 0) is 18.2 Å². The summed E-state index contributed by atoms with van der Waals surface area (Å²) >= 11 is 0. The van der Waals surface area contributed by atoms with E-state index in [2.05, 4.69) is 20.9 Å². The maximum Gasteiger partial charge on any atom is 0.321 e. The number of benzodiazepines with no additional fused rings is 1. The van der Waals surface area contributed by atoms with E-state index in [-0.39, 0.29) is 5.69 Å². The molecule has 1 heterocycles. The van der Waals surface area contributed by atoms with Gasteiger partial charge in [-0.25, -0.2) is 14.2 Å². The van der Waals surface area contributed by atoms with Crippen molar-refractivity contribution < 1.29 is 14.0 Å². The largest absolute Gasteiger partial charge is 0.322 e. The number of para-hydroxylation sites is 2. The number of urea groups is 1. The van der Waals surface area contributed by atoms with Gasteiger partial charge in [-0.15, -0.1) is 0 Å². The van der Waals surface area contributed by atoms with Gasteiger partial charge in [0.15, 0.2) is 0 Å². The number of hydrogen-bond acceptors (Lipinski definition) is 3. The molecule has 29 heavy (non-hydrogen) atoms. The first kappa shape index (κ1) is 18.4. The number of rotatable bonds is 3. The first-order chi connectivity index (χ1) is 14.1. The number of nitrogens with one attached hydrogen (secondary N) is 3. The quantitative estimate of drug-likeness (QED) is 0.638. The zero-order valence-corrected chi connectivity index (χ0v) is 15.2. The summed E-state index contributed by atoms with van der Waals surface area (Å²) in [5, 5.41) is 7.69. The topological polar surface area (TPSA) is 82.6 Å². The summed E-state index contributed by atoms with van der Waals surface area (Å²) in [5.74, 6) is -1.07. The Morgan fingerprint density at radius 1 is 0.931 bits per heavy atom. The molecule has 1 aliphatic rings. The molecule has 4 rings (SSSR count). The van der Waals surface area contributed by atoms with E-state index in [0.717, 1.165) is 11.1 Å². The Kier molecular flexibility index (Phi) is 5.03. The van der Waals surface area contributed by atoms with E-state index in [0.29, 0.717) is 11.4 Å². The molecule has 3 N–H and O–H groups in total. The standard InChI is InChI=1S/C22H17FN4O2/c23-16-11-5-7-13-18(16)25-22(29)27-20-21(28)24-17-12-6-4-10-15(17)19(26-20)14-8-2-1-3-9-14/h1-13,20H,(H,24,28)(H2,25,27,29)/t20-/m0/s1. The zero-order chi connectivity index (χ0) is 20.2. The number of amides is 3. The number of carbonyl (C=O) groups excluding carboxylic acids is 2. The van der Waals surface area contributed by atoms with E-state index < -0.39 is 23.9 Å². The molecule has 1 atom stereocenters. The van der Waals surface area contributed by atoms with Crippen LogP contribution >= 0.6 is 0 Å². The van der Waals surface area contributed by atoms with E-state index in [1.807, 2.05) is 42.5 Å². The average molecular weight is 388 g/mol. The van der Waals surface area contributed by atoms with Crippen molar-refractivity contribution in [1.29, 1.82) is 0 Å². The molecule has 0 spiro atoms. The van der Waals surface area contributed by atoms with Crippen LogP contribution in [0.25, 0.3) is 0 Å². The molecule has 3 aromatic carbocycles. The SMILES string of the molecule is O=C(Nc1ccccc1F)N[C@@H]1N=C(c2ccccc2)c2ccccc2NC1=O. The molecule has 0 aromatic heterocycles. The van der Waals surface area contributed by atoms with E-state index >= 15 is 0 Å². The van der Waals surface area contributed by atoms with Crippen molar-refractivity contribution in [2.75, 3.05) is 10.6 Å². The summed E-state index contributed by atoms with van der Waals surface area (Å²) in [5.41, 5.74) is 2.72. The summed E-state index contributed by atoms with van der Waals surface area (Å²) in [4.78, 5) is 29.6. The van der Waals surface area contributed by atoms with Gasteiger partial charge < -0.3 is 16.0 Å². The monoisotopic (exact) mass is 388 g/mol. The average Bonchev–Trinajstić information content (AvgIpc) is 2.87. The number of hydrogen-bond donors (Lipinski definition) is 3. The van der Waals surface area contributed by atoms with Gasteiger partial charge in [0.25, 0.3) is 5.91 Å². The third kappa shape index (κ3) is 3.98. The molecule has 7 heteroatoms. The third-order valence-electron chi connectivity index (χ3n) is 4.38. The van der Waals surface area contributed by atoms with Gasteiger partial charge in [0.05, 0.1) is 17.1 Å². The van der Waals surface area contributed by atoms with Crippen LogP contribution in [0.3, 0.4) is 0 Å². The van der Waals surface area contributed by atoms with E-state index in [9.17, 15) is 14.0 Å². The summed E-state index contributed by atoms with van der Waals surface area (Å²) in [6.45, 7) is 0. The molecular formula is C22H17FN4O2. The fraction of sp³-hybridized carbons (Fsp3) is 0.0455. The van der Waals surface area contributed by atoms with Gasteiger partial charge in [-0.3, -0.25) is 4.79 Å². The van der Waals surface area contributed by atoms with Crippen LogP contribution in [0.1, 0.15) is 11.1 Å². The minimum absolute atomic E-state index is 0.00887. The van der Waals surface area contributed by atoms with Crippen LogP contribution in [0.2, 0.25) is 0 Å². The maximum atomic E-state index is 13.8. The second kappa shape index (κ2) is 7.93. The van der Waals surface area contributed by atoms with Gasteiger partial charge in [-0.1, -0.05) is 60.7 Å². The van der Waals surface area contributed by atoms with Crippen LogP contribution in [0.15, 0.2) is 83.9 Å². The minimum Gasteiger partial charge on any atom is -0.322 e. The molecule has 0 radical (unpaired) electrons. The smallest absolute Gasteiger partial charge is 0.321 e. The van der Waals surface area contributed by atoms with Gasteiger partial charge in [0, 0.05) is 11.1 Å². The van der Waals surface area contributed by atoms with Crippen molar-refractivity contribution in [3.63, 3.8) is 0 Å². The van der Waals surface area contributed by atoms with Gasteiger partial charge in [0.1, 0.15) is 5.82 Å². The van der Waals surface area contributed by atoms with E-state index in [1.54, 1.807) is 18.2 Å². The number of fused-ring (bicyclic) bond motifs is 1. The second-order valence-electron chi connectivity index (χ2n) is 6.36. The highest BCUT2D eigenvalue weighted by molar-refractivity contribution is 6.19. The van der Waals surface area contributed by atoms with Crippen molar-refractivity contribution in [3.05, 3.63) is 95.8 Å². The lowest BCUT2D eigenvalue weighted by atomic mass is 10.0. The van der Waals surface area contributed by atoms with Crippen molar-refractivity contribution in [1.82, 2.24) is 5.32 Å². The van der Waals surface area contributed by atoms with Crippen molar-refractivity contribution in [2.45, 2.75) is 6.17 Å². The van der Waals surface area contributed by atoms with Crippen LogP contribution in [0.4, 0.5) is 20.6 Å². The fourth-order valence-electron chi connectivity index (χ4n) is 3.03. The molecule has 144 valence electrons. The normalized spacial score (nSPS) is 15.4. The van der Waals surface area contributed by atoms with Crippen molar-refractivity contribution in [3.8, 4) is 0 Å². The zero-order valence-electron chi connectivity index (χ0n) is 15.2. The van der Waals surface area contributed by atoms with Gasteiger partial charge in [-0.2, -0.15) is 0 Å². The lowest BCUT2D eigenvalue weighted by Crippen LogP contribution is -2.44. The number of carbonyl (C=O) groups is 2.